The standard InChI is InChI=1S/C19H23NO4/c1-4-6-13-10-16(19(21)17(11-13)20(22)23)14-8-9-18(24-3)15(12-14)7-5-2/h8-12,21H,4-7H2,1-3H3. The topological polar surface area (TPSA) is 72.6 Å². The van der Waals surface area contributed by atoms with E-state index in [2.05, 4.69) is 6.92 Å². The van der Waals surface area contributed by atoms with Gasteiger partial charge < -0.3 is 9.84 Å². The minimum absolute atomic E-state index is 0.246. The lowest BCUT2D eigenvalue weighted by atomic mass is 9.96. The van der Waals surface area contributed by atoms with Gasteiger partial charge in [-0.15, -0.1) is 0 Å². The van der Waals surface area contributed by atoms with E-state index in [1.54, 1.807) is 7.11 Å². The Balaban J connectivity index is 2.62. The number of rotatable bonds is 7. The van der Waals surface area contributed by atoms with Crippen molar-refractivity contribution < 1.29 is 14.8 Å². The second-order valence-electron chi connectivity index (χ2n) is 5.79. The maximum atomic E-state index is 11.3. The van der Waals surface area contributed by atoms with Gasteiger partial charge in [-0.25, -0.2) is 0 Å². The van der Waals surface area contributed by atoms with Gasteiger partial charge in [-0.05, 0) is 47.7 Å². The summed E-state index contributed by atoms with van der Waals surface area (Å²) in [6.45, 7) is 4.10. The van der Waals surface area contributed by atoms with Gasteiger partial charge in [0.25, 0.3) is 0 Å². The summed E-state index contributed by atoms with van der Waals surface area (Å²) in [6, 6.07) is 8.91. The van der Waals surface area contributed by atoms with Crippen LogP contribution in [0.25, 0.3) is 11.1 Å². The van der Waals surface area contributed by atoms with Crippen molar-refractivity contribution in [1.29, 1.82) is 0 Å². The van der Waals surface area contributed by atoms with E-state index in [4.69, 9.17) is 4.74 Å². The van der Waals surface area contributed by atoms with Crippen LogP contribution >= 0.6 is 0 Å². The molecule has 0 atom stereocenters. The van der Waals surface area contributed by atoms with Crippen LogP contribution in [0, 0.1) is 10.1 Å². The molecular weight excluding hydrogens is 306 g/mol. The zero-order valence-electron chi connectivity index (χ0n) is 14.3. The first kappa shape index (κ1) is 17.8. The van der Waals surface area contributed by atoms with Gasteiger partial charge >= 0.3 is 5.69 Å². The second kappa shape index (κ2) is 7.81. The number of nitro benzene ring substituents is 1. The van der Waals surface area contributed by atoms with E-state index in [1.807, 2.05) is 31.2 Å². The molecule has 0 radical (unpaired) electrons. The van der Waals surface area contributed by atoms with Crippen molar-refractivity contribution in [3.05, 3.63) is 51.6 Å². The lowest BCUT2D eigenvalue weighted by Crippen LogP contribution is -1.96. The number of aryl methyl sites for hydroxylation is 2. The number of ether oxygens (including phenoxy) is 1. The maximum Gasteiger partial charge on any atom is 0.311 e. The van der Waals surface area contributed by atoms with E-state index in [1.165, 1.54) is 6.07 Å². The van der Waals surface area contributed by atoms with Gasteiger partial charge in [-0.2, -0.15) is 0 Å². The average molecular weight is 329 g/mol. The largest absolute Gasteiger partial charge is 0.502 e. The average Bonchev–Trinajstić information content (AvgIpc) is 2.56. The molecule has 0 saturated carbocycles. The first-order chi connectivity index (χ1) is 11.5. The summed E-state index contributed by atoms with van der Waals surface area (Å²) in [4.78, 5) is 10.7. The summed E-state index contributed by atoms with van der Waals surface area (Å²) in [5, 5.41) is 21.6. The van der Waals surface area contributed by atoms with Gasteiger partial charge in [-0.1, -0.05) is 32.8 Å². The molecule has 1 N–H and O–H groups in total. The van der Waals surface area contributed by atoms with Gasteiger partial charge in [0.2, 0.25) is 5.75 Å². The number of hydrogen-bond acceptors (Lipinski definition) is 4. The Morgan fingerprint density at radius 2 is 1.83 bits per heavy atom. The zero-order chi connectivity index (χ0) is 17.7. The normalized spacial score (nSPS) is 10.6. The number of aromatic hydroxyl groups is 1. The summed E-state index contributed by atoms with van der Waals surface area (Å²) >= 11 is 0. The lowest BCUT2D eigenvalue weighted by Gasteiger charge is -2.12. The van der Waals surface area contributed by atoms with Crippen LogP contribution in [0.3, 0.4) is 0 Å². The molecule has 0 aromatic heterocycles. The smallest absolute Gasteiger partial charge is 0.311 e. The van der Waals surface area contributed by atoms with E-state index >= 15 is 0 Å². The molecule has 0 amide bonds. The Bertz CT molecular complexity index is 740. The van der Waals surface area contributed by atoms with E-state index < -0.39 is 4.92 Å². The molecular formula is C19H23NO4. The Morgan fingerprint density at radius 1 is 1.12 bits per heavy atom. The van der Waals surface area contributed by atoms with E-state index in [-0.39, 0.29) is 11.4 Å². The molecule has 0 saturated heterocycles. The molecule has 5 nitrogen and oxygen atoms in total. The first-order valence-corrected chi connectivity index (χ1v) is 8.19. The predicted octanol–water partition coefficient (Wildman–Crippen LogP) is 4.88. The molecule has 0 spiro atoms. The van der Waals surface area contributed by atoms with Gasteiger partial charge in [0, 0.05) is 11.6 Å². The highest BCUT2D eigenvalue weighted by atomic mass is 16.6. The van der Waals surface area contributed by atoms with Crippen molar-refractivity contribution in [3.63, 3.8) is 0 Å². The number of phenolic OH excluding ortho intramolecular Hbond substituents is 1. The number of hydrogen-bond donors (Lipinski definition) is 1. The molecule has 0 bridgehead atoms. The van der Waals surface area contributed by atoms with Crippen molar-refractivity contribution in [2.24, 2.45) is 0 Å². The monoisotopic (exact) mass is 329 g/mol. The van der Waals surface area contributed by atoms with Gasteiger partial charge in [0.05, 0.1) is 12.0 Å². The molecule has 0 aliphatic carbocycles. The Hall–Kier alpha value is -2.56. The molecule has 0 aliphatic rings. The van der Waals surface area contributed by atoms with Gasteiger partial charge in [0.1, 0.15) is 5.75 Å². The summed E-state index contributed by atoms with van der Waals surface area (Å²) < 4.78 is 5.37. The fourth-order valence-electron chi connectivity index (χ4n) is 2.88. The first-order valence-electron chi connectivity index (χ1n) is 8.19. The van der Waals surface area contributed by atoms with Crippen LogP contribution < -0.4 is 4.74 Å². The van der Waals surface area contributed by atoms with Crippen LogP contribution in [-0.2, 0) is 12.8 Å². The molecule has 2 aromatic carbocycles. The van der Waals surface area contributed by atoms with Crippen LogP contribution in [-0.4, -0.2) is 17.1 Å². The number of methoxy groups -OCH3 is 1. The van der Waals surface area contributed by atoms with Crippen molar-refractivity contribution in [3.8, 4) is 22.6 Å². The van der Waals surface area contributed by atoms with Crippen molar-refractivity contribution in [1.82, 2.24) is 0 Å². The number of nitro groups is 1. The van der Waals surface area contributed by atoms with Crippen LogP contribution in [0.15, 0.2) is 30.3 Å². The minimum Gasteiger partial charge on any atom is -0.502 e. The van der Waals surface area contributed by atoms with E-state index in [0.717, 1.165) is 48.1 Å². The Kier molecular flexibility index (Phi) is 5.79. The molecule has 5 heteroatoms. The zero-order valence-corrected chi connectivity index (χ0v) is 14.3. The molecule has 0 aliphatic heterocycles. The SMILES string of the molecule is CCCc1cc(-c2ccc(OC)c(CCC)c2)c(O)c([N+](=O)[O-])c1. The molecule has 24 heavy (non-hydrogen) atoms. The highest BCUT2D eigenvalue weighted by Gasteiger charge is 2.20. The van der Waals surface area contributed by atoms with Crippen LogP contribution in [0.4, 0.5) is 5.69 Å². The third-order valence-corrected chi connectivity index (χ3v) is 4.00. The van der Waals surface area contributed by atoms with Gasteiger partial charge in [0.15, 0.2) is 0 Å². The summed E-state index contributed by atoms with van der Waals surface area (Å²) in [5.41, 5.74) is 2.89. The van der Waals surface area contributed by atoms with Crippen molar-refractivity contribution >= 4 is 5.69 Å². The van der Waals surface area contributed by atoms with Gasteiger partial charge in [-0.3, -0.25) is 10.1 Å². The highest BCUT2D eigenvalue weighted by molar-refractivity contribution is 5.77. The molecule has 0 unspecified atom stereocenters. The molecule has 2 aromatic rings. The number of phenols is 1. The summed E-state index contributed by atoms with van der Waals surface area (Å²) in [5.74, 6) is 0.506. The highest BCUT2D eigenvalue weighted by Crippen LogP contribution is 2.39. The summed E-state index contributed by atoms with van der Waals surface area (Å²) in [6.07, 6.45) is 3.41. The number of benzene rings is 2. The fourth-order valence-corrected chi connectivity index (χ4v) is 2.88. The lowest BCUT2D eigenvalue weighted by molar-refractivity contribution is -0.385. The van der Waals surface area contributed by atoms with Crippen LogP contribution in [0.2, 0.25) is 0 Å². The van der Waals surface area contributed by atoms with Crippen LogP contribution in [0.1, 0.15) is 37.8 Å². The quantitative estimate of drug-likeness (QED) is 0.580. The fraction of sp³-hybridized carbons (Fsp3) is 0.368. The van der Waals surface area contributed by atoms with E-state index in [0.29, 0.717) is 5.56 Å². The predicted molar refractivity (Wildman–Crippen MR) is 94.7 cm³/mol. The Morgan fingerprint density at radius 3 is 2.42 bits per heavy atom. The van der Waals surface area contributed by atoms with Crippen molar-refractivity contribution in [2.45, 2.75) is 39.5 Å². The molecule has 0 fully saturated rings. The number of nitrogens with zero attached hydrogens (tertiary/aromatic N) is 1. The minimum atomic E-state index is -0.533. The Labute approximate surface area is 142 Å². The summed E-state index contributed by atoms with van der Waals surface area (Å²) in [7, 11) is 1.62. The third-order valence-electron chi connectivity index (χ3n) is 4.00. The van der Waals surface area contributed by atoms with Crippen LogP contribution in [0.5, 0.6) is 11.5 Å². The van der Waals surface area contributed by atoms with Crippen molar-refractivity contribution in [2.75, 3.05) is 7.11 Å². The molecule has 0 heterocycles. The van der Waals surface area contributed by atoms with E-state index in [9.17, 15) is 15.2 Å². The third kappa shape index (κ3) is 3.67. The molecule has 128 valence electrons. The maximum absolute atomic E-state index is 11.3. The molecule has 2 rings (SSSR count). The second-order valence-corrected chi connectivity index (χ2v) is 5.79.